The van der Waals surface area contributed by atoms with E-state index in [1.807, 2.05) is 0 Å². The fourth-order valence-electron chi connectivity index (χ4n) is 3.71. The van der Waals surface area contributed by atoms with Gasteiger partial charge in [-0.3, -0.25) is 29.1 Å². The summed E-state index contributed by atoms with van der Waals surface area (Å²) < 4.78 is 0. The molecule has 1 saturated heterocycles. The molecule has 1 fully saturated rings. The third-order valence-electron chi connectivity index (χ3n) is 5.27. The monoisotopic (exact) mass is 450 g/mol. The van der Waals surface area contributed by atoms with Crippen LogP contribution in [0.15, 0.2) is 0 Å². The highest BCUT2D eigenvalue weighted by atomic mass is 16.4. The Morgan fingerprint density at radius 2 is 1.35 bits per heavy atom. The van der Waals surface area contributed by atoms with Crippen LogP contribution in [-0.4, -0.2) is 154 Å². The predicted molar refractivity (Wildman–Crippen MR) is 108 cm³/mol. The Hall–Kier alpha value is -1.87. The summed E-state index contributed by atoms with van der Waals surface area (Å²) in [4.78, 5) is 38.7. The molecule has 0 radical (unpaired) electrons. The van der Waals surface area contributed by atoms with Crippen molar-refractivity contribution in [2.24, 2.45) is 5.92 Å². The van der Waals surface area contributed by atoms with Gasteiger partial charge in [0.2, 0.25) is 0 Å². The summed E-state index contributed by atoms with van der Waals surface area (Å²) in [7, 11) is 0. The molecule has 180 valence electrons. The van der Waals surface area contributed by atoms with Gasteiger partial charge in [-0.15, -0.1) is 0 Å². The number of nitrogens with one attached hydrogen (secondary N) is 1. The van der Waals surface area contributed by atoms with Gasteiger partial charge in [-0.25, -0.2) is 0 Å². The lowest BCUT2D eigenvalue weighted by Gasteiger charge is -2.40. The highest BCUT2D eigenvalue weighted by Crippen LogP contribution is 2.18. The quantitative estimate of drug-likeness (QED) is 0.171. The van der Waals surface area contributed by atoms with Crippen molar-refractivity contribution in [2.45, 2.75) is 12.1 Å². The zero-order valence-corrected chi connectivity index (χ0v) is 17.5. The van der Waals surface area contributed by atoms with E-state index in [1.165, 1.54) is 4.90 Å². The van der Waals surface area contributed by atoms with E-state index in [9.17, 15) is 39.9 Å². The molecule has 7 N–H and O–H groups in total. The molecule has 13 heteroatoms. The van der Waals surface area contributed by atoms with E-state index < -0.39 is 55.7 Å². The van der Waals surface area contributed by atoms with Crippen LogP contribution in [-0.2, 0) is 14.4 Å². The standard InChI is InChI=1S/C18H34N4O9/c23-11-13(15(25)12-24)14-7-21(9-17(28)29)6-5-20(8-16(26)27)3-1-19-2-4-22(14)10-18(30)31/h13-15,19,23-25H,1-12H2,(H,26,27)(H,28,29)(H,30,31). The molecule has 3 atom stereocenters. The van der Waals surface area contributed by atoms with Crippen LogP contribution in [0.4, 0.5) is 0 Å². The normalized spacial score (nSPS) is 22.7. The summed E-state index contributed by atoms with van der Waals surface area (Å²) >= 11 is 0. The first-order valence-corrected chi connectivity index (χ1v) is 10.1. The van der Waals surface area contributed by atoms with Crippen LogP contribution in [0.5, 0.6) is 0 Å². The van der Waals surface area contributed by atoms with Gasteiger partial charge in [0, 0.05) is 64.4 Å². The molecule has 0 aromatic rings. The minimum atomic E-state index is -1.33. The maximum atomic E-state index is 11.4. The Labute approximate surface area is 180 Å². The van der Waals surface area contributed by atoms with E-state index in [4.69, 9.17) is 5.11 Å². The molecule has 0 aromatic carbocycles. The van der Waals surface area contributed by atoms with E-state index in [-0.39, 0.29) is 39.3 Å². The zero-order valence-electron chi connectivity index (χ0n) is 17.5. The largest absolute Gasteiger partial charge is 0.480 e. The maximum Gasteiger partial charge on any atom is 0.317 e. The molecule has 1 aliphatic heterocycles. The number of aliphatic hydroxyl groups is 3. The first-order valence-electron chi connectivity index (χ1n) is 10.1. The lowest BCUT2D eigenvalue weighted by molar-refractivity contribution is -0.142. The smallest absolute Gasteiger partial charge is 0.317 e. The van der Waals surface area contributed by atoms with E-state index in [0.717, 1.165) is 0 Å². The number of carbonyl (C=O) groups is 3. The summed E-state index contributed by atoms with van der Waals surface area (Å²) in [6.45, 7) is -0.280. The number of rotatable bonds is 10. The molecule has 0 spiro atoms. The van der Waals surface area contributed by atoms with Crippen LogP contribution < -0.4 is 5.32 Å². The number of hydrogen-bond donors (Lipinski definition) is 7. The number of carboxylic acid groups (broad SMARTS) is 3. The van der Waals surface area contributed by atoms with E-state index in [2.05, 4.69) is 5.32 Å². The average molecular weight is 450 g/mol. The van der Waals surface area contributed by atoms with Gasteiger partial charge >= 0.3 is 17.9 Å². The summed E-state index contributed by atoms with van der Waals surface area (Å²) in [5.74, 6) is -4.16. The van der Waals surface area contributed by atoms with E-state index in [1.54, 1.807) is 9.80 Å². The number of aliphatic hydroxyl groups excluding tert-OH is 3. The zero-order chi connectivity index (χ0) is 23.4. The molecule has 0 aliphatic carbocycles. The molecule has 1 heterocycles. The van der Waals surface area contributed by atoms with E-state index >= 15 is 0 Å². The van der Waals surface area contributed by atoms with Crippen molar-refractivity contribution in [2.75, 3.05) is 78.7 Å². The summed E-state index contributed by atoms with van der Waals surface area (Å²) in [5, 5.41) is 60.4. The fourth-order valence-corrected chi connectivity index (χ4v) is 3.71. The number of carboxylic acids is 3. The van der Waals surface area contributed by atoms with Gasteiger partial charge < -0.3 is 36.0 Å². The molecule has 3 unspecified atom stereocenters. The lowest BCUT2D eigenvalue weighted by atomic mass is 9.92. The third kappa shape index (κ3) is 10.3. The van der Waals surface area contributed by atoms with Gasteiger partial charge in [0.05, 0.1) is 32.3 Å². The number of aliphatic carboxylic acids is 3. The molecule has 0 amide bonds. The Kier molecular flexibility index (Phi) is 12.5. The van der Waals surface area contributed by atoms with Gasteiger partial charge in [0.15, 0.2) is 0 Å². The SMILES string of the molecule is O=C(O)CN1CCNCCN(CC(=O)O)C(C(CO)C(O)CO)CN(CC(=O)O)CC1. The van der Waals surface area contributed by atoms with Crippen molar-refractivity contribution >= 4 is 17.9 Å². The van der Waals surface area contributed by atoms with Crippen LogP contribution in [0.25, 0.3) is 0 Å². The molecule has 0 aromatic heterocycles. The highest BCUT2D eigenvalue weighted by Gasteiger charge is 2.35. The van der Waals surface area contributed by atoms with Gasteiger partial charge in [0.25, 0.3) is 0 Å². The average Bonchev–Trinajstić information content (AvgIpc) is 2.67. The van der Waals surface area contributed by atoms with Gasteiger partial charge in [-0.1, -0.05) is 0 Å². The molecular formula is C18H34N4O9. The lowest BCUT2D eigenvalue weighted by Crippen LogP contribution is -2.57. The van der Waals surface area contributed by atoms with E-state index in [0.29, 0.717) is 19.6 Å². The van der Waals surface area contributed by atoms with Gasteiger partial charge in [0.1, 0.15) is 0 Å². The second kappa shape index (κ2) is 14.2. The van der Waals surface area contributed by atoms with Crippen molar-refractivity contribution < 1.29 is 45.0 Å². The molecule has 13 nitrogen and oxygen atoms in total. The first-order chi connectivity index (χ1) is 14.7. The number of nitrogens with zero attached hydrogens (tertiary/aromatic N) is 3. The number of hydrogen-bond acceptors (Lipinski definition) is 10. The topological polar surface area (TPSA) is 194 Å². The minimum absolute atomic E-state index is 0.00276. The van der Waals surface area contributed by atoms with Gasteiger partial charge in [-0.05, 0) is 0 Å². The van der Waals surface area contributed by atoms with Crippen LogP contribution in [0.1, 0.15) is 0 Å². The molecule has 31 heavy (non-hydrogen) atoms. The van der Waals surface area contributed by atoms with Crippen LogP contribution in [0, 0.1) is 5.92 Å². The van der Waals surface area contributed by atoms with Crippen molar-refractivity contribution in [1.82, 2.24) is 20.0 Å². The van der Waals surface area contributed by atoms with Crippen LogP contribution in [0.2, 0.25) is 0 Å². The Morgan fingerprint density at radius 1 is 0.806 bits per heavy atom. The Balaban J connectivity index is 3.21. The van der Waals surface area contributed by atoms with Crippen LogP contribution in [0.3, 0.4) is 0 Å². The van der Waals surface area contributed by atoms with Crippen molar-refractivity contribution in [1.29, 1.82) is 0 Å². The summed E-state index contributed by atoms with van der Waals surface area (Å²) in [6, 6.07) is -0.767. The fraction of sp³-hybridized carbons (Fsp3) is 0.833. The summed E-state index contributed by atoms with van der Waals surface area (Å²) in [5.41, 5.74) is 0. The Bertz CT molecular complexity index is 580. The molecule has 1 rings (SSSR count). The van der Waals surface area contributed by atoms with Crippen molar-refractivity contribution in [3.63, 3.8) is 0 Å². The third-order valence-corrected chi connectivity index (χ3v) is 5.27. The second-order valence-corrected chi connectivity index (χ2v) is 7.58. The van der Waals surface area contributed by atoms with Gasteiger partial charge in [-0.2, -0.15) is 0 Å². The Morgan fingerprint density at radius 3 is 1.90 bits per heavy atom. The molecular weight excluding hydrogens is 416 g/mol. The second-order valence-electron chi connectivity index (χ2n) is 7.58. The predicted octanol–water partition coefficient (Wildman–Crippen LogP) is -3.92. The molecule has 0 bridgehead atoms. The summed E-state index contributed by atoms with van der Waals surface area (Å²) in [6.07, 6.45) is -1.33. The minimum Gasteiger partial charge on any atom is -0.480 e. The van der Waals surface area contributed by atoms with Crippen molar-refractivity contribution in [3.8, 4) is 0 Å². The van der Waals surface area contributed by atoms with Crippen molar-refractivity contribution in [3.05, 3.63) is 0 Å². The molecule has 1 aliphatic rings. The first kappa shape index (κ1) is 27.2. The maximum absolute atomic E-state index is 11.4. The molecule has 0 saturated carbocycles. The van der Waals surface area contributed by atoms with Crippen LogP contribution >= 0.6 is 0 Å². The highest BCUT2D eigenvalue weighted by molar-refractivity contribution is 5.70.